The zero-order chi connectivity index (χ0) is 21.0. The smallest absolute Gasteiger partial charge is 0.270 e. The molecule has 1 heterocycles. The molecule has 1 aromatic heterocycles. The normalized spacial score (nSPS) is 11.2. The zero-order valence-corrected chi connectivity index (χ0v) is 17.0. The van der Waals surface area contributed by atoms with E-state index in [1.54, 1.807) is 0 Å². The molecule has 0 atom stereocenters. The van der Waals surface area contributed by atoms with E-state index in [0.717, 1.165) is 30.7 Å². The van der Waals surface area contributed by atoms with E-state index in [4.69, 9.17) is 11.6 Å². The molecule has 0 aliphatic carbocycles. The first kappa shape index (κ1) is 20.8. The van der Waals surface area contributed by atoms with E-state index in [2.05, 4.69) is 29.0 Å². The Hall–Kier alpha value is -2.97. The number of fused-ring (bicyclic) bond motifs is 1. The molecule has 152 valence electrons. The summed E-state index contributed by atoms with van der Waals surface area (Å²) < 4.78 is 1.96. The predicted octanol–water partition coefficient (Wildman–Crippen LogP) is 4.19. The molecule has 3 aromatic rings. The molecule has 29 heavy (non-hydrogen) atoms. The lowest BCUT2D eigenvalue weighted by Crippen LogP contribution is -2.27. The number of likely N-dealkylation sites (N-methyl/N-ethyl adjacent to an activating group) is 1. The van der Waals surface area contributed by atoms with Gasteiger partial charge in [0.05, 0.1) is 26.5 Å². The standard InChI is InChI=1S/C20H22ClN5O3/c1-3-24(4-2)11-12-25-18-8-6-5-7-17(18)22-20(25)23-19(27)15-10-9-14(26(28)29)13-16(15)21/h5-10,13H,3-4,11-12H2,1-2H3,(H,22,23,27). The van der Waals surface area contributed by atoms with E-state index in [9.17, 15) is 14.9 Å². The molecule has 1 amide bonds. The number of hydrogen-bond donors (Lipinski definition) is 1. The third-order valence-corrected chi connectivity index (χ3v) is 5.13. The van der Waals surface area contributed by atoms with E-state index in [0.29, 0.717) is 12.5 Å². The number of anilines is 1. The molecule has 3 rings (SSSR count). The lowest BCUT2D eigenvalue weighted by atomic mass is 10.2. The van der Waals surface area contributed by atoms with E-state index in [1.165, 1.54) is 18.2 Å². The molecule has 0 saturated carbocycles. The minimum absolute atomic E-state index is 0.0162. The average Bonchev–Trinajstić information content (AvgIpc) is 3.05. The van der Waals surface area contributed by atoms with Gasteiger partial charge < -0.3 is 9.47 Å². The molecule has 9 heteroatoms. The summed E-state index contributed by atoms with van der Waals surface area (Å²) in [5.74, 6) is -0.0536. The summed E-state index contributed by atoms with van der Waals surface area (Å²) in [6, 6.07) is 11.4. The summed E-state index contributed by atoms with van der Waals surface area (Å²) in [5, 5.41) is 13.7. The number of carbonyl (C=O) groups excluding carboxylic acids is 1. The number of nitrogens with zero attached hydrogens (tertiary/aromatic N) is 4. The summed E-state index contributed by atoms with van der Waals surface area (Å²) in [7, 11) is 0. The Morgan fingerprint density at radius 3 is 2.62 bits per heavy atom. The number of nitro groups is 1. The van der Waals surface area contributed by atoms with Crippen LogP contribution in [0.1, 0.15) is 24.2 Å². The van der Waals surface area contributed by atoms with Gasteiger partial charge in [-0.3, -0.25) is 20.2 Å². The van der Waals surface area contributed by atoms with Crippen molar-refractivity contribution in [2.24, 2.45) is 0 Å². The summed E-state index contributed by atoms with van der Waals surface area (Å²) in [4.78, 5) is 29.9. The fraction of sp³-hybridized carbons (Fsp3) is 0.300. The molecule has 8 nitrogen and oxygen atoms in total. The zero-order valence-electron chi connectivity index (χ0n) is 16.3. The number of carbonyl (C=O) groups is 1. The highest BCUT2D eigenvalue weighted by Crippen LogP contribution is 2.25. The molecular formula is C20H22ClN5O3. The van der Waals surface area contributed by atoms with Gasteiger partial charge in [0.1, 0.15) is 0 Å². The highest BCUT2D eigenvalue weighted by molar-refractivity contribution is 6.34. The van der Waals surface area contributed by atoms with Crippen molar-refractivity contribution in [2.45, 2.75) is 20.4 Å². The van der Waals surface area contributed by atoms with E-state index in [-0.39, 0.29) is 16.3 Å². The number of amides is 1. The lowest BCUT2D eigenvalue weighted by Gasteiger charge is -2.19. The van der Waals surface area contributed by atoms with Crippen molar-refractivity contribution < 1.29 is 9.72 Å². The second kappa shape index (κ2) is 9.02. The number of non-ortho nitro benzene ring substituents is 1. The molecule has 0 aliphatic rings. The fourth-order valence-corrected chi connectivity index (χ4v) is 3.41. The maximum atomic E-state index is 12.8. The summed E-state index contributed by atoms with van der Waals surface area (Å²) in [6.07, 6.45) is 0. The molecule has 0 aliphatic heterocycles. The average molecular weight is 416 g/mol. The Labute approximate surface area is 173 Å². The van der Waals surface area contributed by atoms with E-state index < -0.39 is 10.8 Å². The number of imidazole rings is 1. The highest BCUT2D eigenvalue weighted by atomic mass is 35.5. The van der Waals surface area contributed by atoms with Crippen LogP contribution in [-0.2, 0) is 6.54 Å². The van der Waals surface area contributed by atoms with Crippen LogP contribution in [-0.4, -0.2) is 44.9 Å². The van der Waals surface area contributed by atoms with Crippen LogP contribution in [0, 0.1) is 10.1 Å². The third kappa shape index (κ3) is 4.55. The molecule has 2 aromatic carbocycles. The number of rotatable bonds is 8. The van der Waals surface area contributed by atoms with Crippen LogP contribution in [0.5, 0.6) is 0 Å². The Morgan fingerprint density at radius 1 is 1.24 bits per heavy atom. The van der Waals surface area contributed by atoms with Crippen LogP contribution in [0.25, 0.3) is 11.0 Å². The van der Waals surface area contributed by atoms with E-state index in [1.807, 2.05) is 28.8 Å². The third-order valence-electron chi connectivity index (χ3n) is 4.82. The first-order chi connectivity index (χ1) is 13.9. The van der Waals surface area contributed by atoms with Gasteiger partial charge in [-0.2, -0.15) is 0 Å². The van der Waals surface area contributed by atoms with Crippen LogP contribution in [0.4, 0.5) is 11.6 Å². The quantitative estimate of drug-likeness (QED) is 0.439. The van der Waals surface area contributed by atoms with Crippen LogP contribution < -0.4 is 5.32 Å². The number of aromatic nitrogens is 2. The van der Waals surface area contributed by atoms with Crippen molar-refractivity contribution in [2.75, 3.05) is 25.0 Å². The van der Waals surface area contributed by atoms with E-state index >= 15 is 0 Å². The van der Waals surface area contributed by atoms with Crippen molar-refractivity contribution in [1.82, 2.24) is 14.5 Å². The van der Waals surface area contributed by atoms with Crippen LogP contribution in [0.2, 0.25) is 5.02 Å². The second-order valence-corrected chi connectivity index (χ2v) is 6.89. The molecule has 0 spiro atoms. The molecule has 0 fully saturated rings. The maximum absolute atomic E-state index is 12.8. The Kier molecular flexibility index (Phi) is 6.46. The van der Waals surface area contributed by atoms with Crippen LogP contribution in [0.3, 0.4) is 0 Å². The predicted molar refractivity (Wildman–Crippen MR) is 114 cm³/mol. The number of benzene rings is 2. The Balaban J connectivity index is 1.90. The van der Waals surface area contributed by atoms with Gasteiger partial charge in [-0.05, 0) is 31.3 Å². The van der Waals surface area contributed by atoms with Gasteiger partial charge in [0, 0.05) is 25.2 Å². The van der Waals surface area contributed by atoms with Gasteiger partial charge >= 0.3 is 0 Å². The van der Waals surface area contributed by atoms with Gasteiger partial charge in [-0.1, -0.05) is 37.6 Å². The Bertz CT molecular complexity index is 1050. The number of hydrogen-bond acceptors (Lipinski definition) is 5. The summed E-state index contributed by atoms with van der Waals surface area (Å²) in [6.45, 7) is 7.55. The van der Waals surface area contributed by atoms with Gasteiger partial charge in [0.2, 0.25) is 5.95 Å². The molecule has 0 saturated heterocycles. The first-order valence-electron chi connectivity index (χ1n) is 9.37. The van der Waals surface area contributed by atoms with Crippen molar-refractivity contribution in [3.05, 3.63) is 63.2 Å². The number of para-hydroxylation sites is 2. The van der Waals surface area contributed by atoms with Gasteiger partial charge in [0.15, 0.2) is 0 Å². The van der Waals surface area contributed by atoms with Crippen LogP contribution >= 0.6 is 11.6 Å². The second-order valence-electron chi connectivity index (χ2n) is 6.48. The molecule has 0 bridgehead atoms. The summed E-state index contributed by atoms with van der Waals surface area (Å²) in [5.41, 5.74) is 1.68. The molecule has 0 unspecified atom stereocenters. The molecular weight excluding hydrogens is 394 g/mol. The highest BCUT2D eigenvalue weighted by Gasteiger charge is 2.18. The van der Waals surface area contributed by atoms with Crippen molar-refractivity contribution in [3.63, 3.8) is 0 Å². The van der Waals surface area contributed by atoms with Crippen molar-refractivity contribution >= 4 is 40.2 Å². The lowest BCUT2D eigenvalue weighted by molar-refractivity contribution is -0.384. The van der Waals surface area contributed by atoms with Gasteiger partial charge in [0.25, 0.3) is 11.6 Å². The number of nitro benzene ring substituents is 1. The van der Waals surface area contributed by atoms with Crippen molar-refractivity contribution in [1.29, 1.82) is 0 Å². The SMILES string of the molecule is CCN(CC)CCn1c(NC(=O)c2ccc([N+](=O)[O-])cc2Cl)nc2ccccc21. The van der Waals surface area contributed by atoms with Gasteiger partial charge in [-0.25, -0.2) is 4.98 Å². The van der Waals surface area contributed by atoms with Crippen LogP contribution in [0.15, 0.2) is 42.5 Å². The Morgan fingerprint density at radius 2 is 1.97 bits per heavy atom. The maximum Gasteiger partial charge on any atom is 0.270 e. The minimum atomic E-state index is -0.555. The number of nitrogens with one attached hydrogen (secondary N) is 1. The fourth-order valence-electron chi connectivity index (χ4n) is 3.15. The molecule has 0 radical (unpaired) electrons. The minimum Gasteiger partial charge on any atom is -0.309 e. The summed E-state index contributed by atoms with van der Waals surface area (Å²) >= 11 is 6.09. The number of halogens is 1. The van der Waals surface area contributed by atoms with Gasteiger partial charge in [-0.15, -0.1) is 0 Å². The molecule has 1 N–H and O–H groups in total. The monoisotopic (exact) mass is 415 g/mol. The largest absolute Gasteiger partial charge is 0.309 e. The first-order valence-corrected chi connectivity index (χ1v) is 9.75. The van der Waals surface area contributed by atoms with Crippen molar-refractivity contribution in [3.8, 4) is 0 Å². The topological polar surface area (TPSA) is 93.3 Å².